The van der Waals surface area contributed by atoms with Gasteiger partial charge in [0, 0.05) is 28.6 Å². The highest BCUT2D eigenvalue weighted by molar-refractivity contribution is 6.31. The van der Waals surface area contributed by atoms with Crippen LogP contribution in [0.3, 0.4) is 0 Å². The third-order valence-electron chi connectivity index (χ3n) is 3.07. The van der Waals surface area contributed by atoms with E-state index >= 15 is 0 Å². The molecular weight excluding hydrogens is 295 g/mol. The number of ether oxygens (including phenoxy) is 2. The highest BCUT2D eigenvalue weighted by Crippen LogP contribution is 2.25. The molecule has 0 radical (unpaired) electrons. The average Bonchev–Trinajstić information content (AvgIpc) is 2.50. The summed E-state index contributed by atoms with van der Waals surface area (Å²) in [6.07, 6.45) is -0.123. The maximum atomic E-state index is 13.7. The standard InChI is InChI=1S/C16H14ClFO3/c1-20-11-6-10(7-12(8-11)21-2)16(19)9-13-14(17)4-3-5-15(13)18/h3-8H,9H2,1-2H3. The number of carbonyl (C=O) groups is 1. The van der Waals surface area contributed by atoms with Crippen LogP contribution in [0.5, 0.6) is 11.5 Å². The summed E-state index contributed by atoms with van der Waals surface area (Å²) >= 11 is 5.94. The SMILES string of the molecule is COc1cc(OC)cc(C(=O)Cc2c(F)cccc2Cl)c1. The van der Waals surface area contributed by atoms with Crippen LogP contribution in [-0.2, 0) is 6.42 Å². The molecule has 2 aromatic carbocycles. The van der Waals surface area contributed by atoms with Crippen LogP contribution in [0.1, 0.15) is 15.9 Å². The molecule has 0 saturated heterocycles. The van der Waals surface area contributed by atoms with Crippen molar-refractivity contribution < 1.29 is 18.7 Å². The van der Waals surface area contributed by atoms with E-state index in [0.29, 0.717) is 17.1 Å². The Bertz CT molecular complexity index is 628. The van der Waals surface area contributed by atoms with E-state index in [1.54, 1.807) is 24.3 Å². The average molecular weight is 309 g/mol. The van der Waals surface area contributed by atoms with Gasteiger partial charge in [-0.3, -0.25) is 4.79 Å². The van der Waals surface area contributed by atoms with Gasteiger partial charge in [0.1, 0.15) is 17.3 Å². The molecule has 0 N–H and O–H groups in total. The maximum absolute atomic E-state index is 13.7. The number of hydrogen-bond donors (Lipinski definition) is 0. The molecule has 0 spiro atoms. The predicted octanol–water partition coefficient (Wildman–Crippen LogP) is 3.92. The Morgan fingerprint density at radius 2 is 1.76 bits per heavy atom. The lowest BCUT2D eigenvalue weighted by molar-refractivity contribution is 0.0991. The zero-order valence-corrected chi connectivity index (χ0v) is 12.4. The Hall–Kier alpha value is -2.07. The van der Waals surface area contributed by atoms with E-state index in [1.165, 1.54) is 26.4 Å². The lowest BCUT2D eigenvalue weighted by Gasteiger charge is -2.09. The van der Waals surface area contributed by atoms with Gasteiger partial charge in [0.15, 0.2) is 5.78 Å². The fraction of sp³-hybridized carbons (Fsp3) is 0.188. The Kier molecular flexibility index (Phi) is 4.81. The number of benzene rings is 2. The fourth-order valence-corrected chi connectivity index (χ4v) is 2.16. The van der Waals surface area contributed by atoms with E-state index in [-0.39, 0.29) is 22.8 Å². The molecule has 0 aliphatic heterocycles. The van der Waals surface area contributed by atoms with Crippen molar-refractivity contribution in [3.8, 4) is 11.5 Å². The third kappa shape index (κ3) is 3.52. The Balaban J connectivity index is 2.32. The molecule has 3 nitrogen and oxygen atoms in total. The second-order valence-electron chi connectivity index (χ2n) is 4.40. The van der Waals surface area contributed by atoms with Crippen molar-refractivity contribution in [3.05, 3.63) is 58.4 Å². The van der Waals surface area contributed by atoms with Crippen LogP contribution in [0.25, 0.3) is 0 Å². The van der Waals surface area contributed by atoms with Crippen LogP contribution in [0, 0.1) is 5.82 Å². The second-order valence-corrected chi connectivity index (χ2v) is 4.81. The van der Waals surface area contributed by atoms with E-state index < -0.39 is 5.82 Å². The molecular formula is C16H14ClFO3. The first-order chi connectivity index (χ1) is 10.0. The van der Waals surface area contributed by atoms with Crippen molar-refractivity contribution in [2.24, 2.45) is 0 Å². The molecule has 5 heteroatoms. The van der Waals surface area contributed by atoms with Crippen molar-refractivity contribution in [1.82, 2.24) is 0 Å². The Morgan fingerprint density at radius 3 is 2.29 bits per heavy atom. The van der Waals surface area contributed by atoms with Gasteiger partial charge in [0.25, 0.3) is 0 Å². The largest absolute Gasteiger partial charge is 0.497 e. The first kappa shape index (κ1) is 15.3. The predicted molar refractivity (Wildman–Crippen MR) is 79.0 cm³/mol. The van der Waals surface area contributed by atoms with Gasteiger partial charge in [0.05, 0.1) is 14.2 Å². The number of rotatable bonds is 5. The van der Waals surface area contributed by atoms with Gasteiger partial charge < -0.3 is 9.47 Å². The normalized spacial score (nSPS) is 10.3. The van der Waals surface area contributed by atoms with Crippen LogP contribution in [0.4, 0.5) is 4.39 Å². The van der Waals surface area contributed by atoms with Gasteiger partial charge in [-0.25, -0.2) is 4.39 Å². The molecule has 0 bridgehead atoms. The molecule has 0 atom stereocenters. The van der Waals surface area contributed by atoms with Gasteiger partial charge in [-0.2, -0.15) is 0 Å². The molecule has 0 aromatic heterocycles. The second kappa shape index (κ2) is 6.59. The summed E-state index contributed by atoms with van der Waals surface area (Å²) in [5.41, 5.74) is 0.566. The van der Waals surface area contributed by atoms with E-state index in [4.69, 9.17) is 21.1 Å². The molecule has 0 heterocycles. The van der Waals surface area contributed by atoms with Crippen LogP contribution < -0.4 is 9.47 Å². The smallest absolute Gasteiger partial charge is 0.167 e. The molecule has 0 fully saturated rings. The van der Waals surface area contributed by atoms with Crippen molar-refractivity contribution >= 4 is 17.4 Å². The molecule has 21 heavy (non-hydrogen) atoms. The Morgan fingerprint density at radius 1 is 1.14 bits per heavy atom. The van der Waals surface area contributed by atoms with Gasteiger partial charge in [-0.05, 0) is 24.3 Å². The van der Waals surface area contributed by atoms with Crippen LogP contribution in [-0.4, -0.2) is 20.0 Å². The monoisotopic (exact) mass is 308 g/mol. The van der Waals surface area contributed by atoms with E-state index in [2.05, 4.69) is 0 Å². The topological polar surface area (TPSA) is 35.5 Å². The summed E-state index contributed by atoms with van der Waals surface area (Å²) in [6.45, 7) is 0. The zero-order valence-electron chi connectivity index (χ0n) is 11.7. The third-order valence-corrected chi connectivity index (χ3v) is 3.43. The van der Waals surface area contributed by atoms with Gasteiger partial charge in [0.2, 0.25) is 0 Å². The number of ketones is 1. The lowest BCUT2D eigenvalue weighted by atomic mass is 10.0. The molecule has 0 unspecified atom stereocenters. The molecule has 0 amide bonds. The van der Waals surface area contributed by atoms with Crippen LogP contribution in [0.15, 0.2) is 36.4 Å². The number of Topliss-reactive ketones (excluding diaryl/α,β-unsaturated/α-hetero) is 1. The highest BCUT2D eigenvalue weighted by atomic mass is 35.5. The van der Waals surface area contributed by atoms with E-state index in [0.717, 1.165) is 0 Å². The number of methoxy groups -OCH3 is 2. The number of halogens is 2. The first-order valence-corrected chi connectivity index (χ1v) is 6.62. The fourth-order valence-electron chi connectivity index (χ4n) is 1.93. The van der Waals surface area contributed by atoms with Gasteiger partial charge in [-0.15, -0.1) is 0 Å². The zero-order chi connectivity index (χ0) is 15.4. The molecule has 0 aliphatic rings. The Labute approximate surface area is 127 Å². The van der Waals surface area contributed by atoms with Crippen LogP contribution >= 0.6 is 11.6 Å². The van der Waals surface area contributed by atoms with Gasteiger partial charge >= 0.3 is 0 Å². The van der Waals surface area contributed by atoms with Crippen molar-refractivity contribution in [1.29, 1.82) is 0 Å². The van der Waals surface area contributed by atoms with E-state index in [1.807, 2.05) is 0 Å². The summed E-state index contributed by atoms with van der Waals surface area (Å²) in [5, 5.41) is 0.234. The molecule has 2 rings (SSSR count). The number of hydrogen-bond acceptors (Lipinski definition) is 3. The first-order valence-electron chi connectivity index (χ1n) is 6.24. The lowest BCUT2D eigenvalue weighted by Crippen LogP contribution is -2.06. The summed E-state index contributed by atoms with van der Waals surface area (Å²) in [5.74, 6) is 0.236. The maximum Gasteiger partial charge on any atom is 0.167 e. The summed E-state index contributed by atoms with van der Waals surface area (Å²) in [7, 11) is 2.99. The number of carbonyl (C=O) groups excluding carboxylic acids is 1. The summed E-state index contributed by atoms with van der Waals surface area (Å²) in [6, 6.07) is 9.16. The van der Waals surface area contributed by atoms with E-state index in [9.17, 15) is 9.18 Å². The summed E-state index contributed by atoms with van der Waals surface area (Å²) < 4.78 is 24.0. The van der Waals surface area contributed by atoms with Crippen molar-refractivity contribution in [2.75, 3.05) is 14.2 Å². The van der Waals surface area contributed by atoms with Crippen LogP contribution in [0.2, 0.25) is 5.02 Å². The molecule has 2 aromatic rings. The molecule has 0 saturated carbocycles. The van der Waals surface area contributed by atoms with Crippen molar-refractivity contribution in [2.45, 2.75) is 6.42 Å². The quantitative estimate of drug-likeness (QED) is 0.785. The summed E-state index contributed by atoms with van der Waals surface area (Å²) in [4.78, 5) is 12.3. The molecule has 0 aliphatic carbocycles. The minimum absolute atomic E-state index is 0.123. The minimum Gasteiger partial charge on any atom is -0.497 e. The molecule has 110 valence electrons. The van der Waals surface area contributed by atoms with Gasteiger partial charge in [-0.1, -0.05) is 17.7 Å². The highest BCUT2D eigenvalue weighted by Gasteiger charge is 2.15. The van der Waals surface area contributed by atoms with Crippen molar-refractivity contribution in [3.63, 3.8) is 0 Å². The minimum atomic E-state index is -0.495.